The second-order valence-electron chi connectivity index (χ2n) is 4.64. The average molecular weight is 275 g/mol. The van der Waals surface area contributed by atoms with Crippen molar-refractivity contribution in [2.45, 2.75) is 32.1 Å². The number of nitrogens with zero attached hydrogens (tertiary/aromatic N) is 1. The first kappa shape index (κ1) is 13.7. The first-order valence-corrected chi connectivity index (χ1v) is 7.16. The molecule has 1 aromatic heterocycles. The van der Waals surface area contributed by atoms with E-state index in [1.165, 1.54) is 0 Å². The second-order valence-corrected chi connectivity index (χ2v) is 5.70. The SMILES string of the molecule is CCC(Cc1csc(C)n1)(C(=O)O)c1ccccc1. The van der Waals surface area contributed by atoms with Gasteiger partial charge in [0, 0.05) is 11.8 Å². The number of benzene rings is 1. The molecule has 1 atom stereocenters. The lowest BCUT2D eigenvalue weighted by atomic mass is 9.74. The summed E-state index contributed by atoms with van der Waals surface area (Å²) in [6.45, 7) is 3.85. The number of rotatable bonds is 5. The molecular formula is C15H17NO2S. The van der Waals surface area contributed by atoms with Gasteiger partial charge in [0.05, 0.1) is 16.1 Å². The molecule has 1 N–H and O–H groups in total. The Labute approximate surface area is 116 Å². The molecule has 0 fully saturated rings. The van der Waals surface area contributed by atoms with Gasteiger partial charge in [0.2, 0.25) is 0 Å². The molecule has 0 saturated heterocycles. The minimum Gasteiger partial charge on any atom is -0.481 e. The van der Waals surface area contributed by atoms with Crippen molar-refractivity contribution in [2.24, 2.45) is 0 Å². The third-order valence-electron chi connectivity index (χ3n) is 3.49. The number of hydrogen-bond acceptors (Lipinski definition) is 3. The minimum absolute atomic E-state index is 0.438. The van der Waals surface area contributed by atoms with Crippen LogP contribution in [0.25, 0.3) is 0 Å². The minimum atomic E-state index is -0.887. The van der Waals surface area contributed by atoms with E-state index in [1.54, 1.807) is 11.3 Å². The summed E-state index contributed by atoms with van der Waals surface area (Å²) >= 11 is 1.56. The summed E-state index contributed by atoms with van der Waals surface area (Å²) in [4.78, 5) is 16.2. The van der Waals surface area contributed by atoms with Gasteiger partial charge in [-0.05, 0) is 18.9 Å². The summed E-state index contributed by atoms with van der Waals surface area (Å²) in [6, 6.07) is 9.44. The summed E-state index contributed by atoms with van der Waals surface area (Å²) in [5.41, 5.74) is 0.813. The molecule has 2 rings (SSSR count). The summed E-state index contributed by atoms with van der Waals surface area (Å²) in [5, 5.41) is 12.6. The lowest BCUT2D eigenvalue weighted by Crippen LogP contribution is -2.37. The van der Waals surface area contributed by atoms with Gasteiger partial charge in [0.15, 0.2) is 0 Å². The molecule has 0 radical (unpaired) electrons. The van der Waals surface area contributed by atoms with E-state index in [4.69, 9.17) is 0 Å². The van der Waals surface area contributed by atoms with Gasteiger partial charge in [-0.3, -0.25) is 4.79 Å². The molecule has 0 aliphatic rings. The van der Waals surface area contributed by atoms with Crippen LogP contribution in [0.3, 0.4) is 0 Å². The molecule has 0 spiro atoms. The lowest BCUT2D eigenvalue weighted by molar-refractivity contribution is -0.144. The summed E-state index contributed by atoms with van der Waals surface area (Å²) in [6.07, 6.45) is 0.982. The van der Waals surface area contributed by atoms with Crippen LogP contribution in [0.1, 0.15) is 29.6 Å². The van der Waals surface area contributed by atoms with Crippen LogP contribution in [0.2, 0.25) is 0 Å². The van der Waals surface area contributed by atoms with Crippen LogP contribution < -0.4 is 0 Å². The number of aromatic nitrogens is 1. The normalized spacial score (nSPS) is 14.0. The fraction of sp³-hybridized carbons (Fsp3) is 0.333. The fourth-order valence-corrected chi connectivity index (χ4v) is 2.95. The molecule has 3 nitrogen and oxygen atoms in total. The highest BCUT2D eigenvalue weighted by Gasteiger charge is 2.39. The molecule has 0 aliphatic carbocycles. The Bertz CT molecular complexity index is 565. The molecule has 0 aliphatic heterocycles. The van der Waals surface area contributed by atoms with E-state index in [-0.39, 0.29) is 0 Å². The Kier molecular flexibility index (Phi) is 4.00. The predicted molar refractivity (Wildman–Crippen MR) is 76.6 cm³/mol. The van der Waals surface area contributed by atoms with Gasteiger partial charge >= 0.3 is 5.97 Å². The Morgan fingerprint density at radius 3 is 2.53 bits per heavy atom. The molecule has 19 heavy (non-hydrogen) atoms. The number of aryl methyl sites for hydroxylation is 1. The lowest BCUT2D eigenvalue weighted by Gasteiger charge is -2.28. The first-order chi connectivity index (χ1) is 9.08. The van der Waals surface area contributed by atoms with E-state index >= 15 is 0 Å². The van der Waals surface area contributed by atoms with Crippen LogP contribution in [-0.2, 0) is 16.6 Å². The van der Waals surface area contributed by atoms with Crippen LogP contribution in [0, 0.1) is 6.92 Å². The van der Waals surface area contributed by atoms with Crippen molar-refractivity contribution in [1.29, 1.82) is 0 Å². The van der Waals surface area contributed by atoms with E-state index in [1.807, 2.05) is 49.6 Å². The maximum atomic E-state index is 11.8. The number of hydrogen-bond donors (Lipinski definition) is 1. The largest absolute Gasteiger partial charge is 0.481 e. The smallest absolute Gasteiger partial charge is 0.314 e. The van der Waals surface area contributed by atoms with E-state index in [9.17, 15) is 9.90 Å². The number of carboxylic acid groups (broad SMARTS) is 1. The quantitative estimate of drug-likeness (QED) is 0.909. The van der Waals surface area contributed by atoms with Crippen molar-refractivity contribution in [3.05, 3.63) is 52.0 Å². The van der Waals surface area contributed by atoms with Gasteiger partial charge in [-0.25, -0.2) is 4.98 Å². The molecule has 0 bridgehead atoms. The predicted octanol–water partition coefficient (Wildman–Crippen LogP) is 3.43. The molecule has 1 heterocycles. The highest BCUT2D eigenvalue weighted by atomic mass is 32.1. The van der Waals surface area contributed by atoms with Gasteiger partial charge < -0.3 is 5.11 Å². The van der Waals surface area contributed by atoms with E-state index in [0.717, 1.165) is 16.3 Å². The standard InChI is InChI=1S/C15H17NO2S/c1-3-15(14(17)18,12-7-5-4-6-8-12)9-13-10-19-11(2)16-13/h4-8,10H,3,9H2,1-2H3,(H,17,18). The van der Waals surface area contributed by atoms with Gasteiger partial charge in [0.1, 0.15) is 0 Å². The van der Waals surface area contributed by atoms with Crippen molar-refractivity contribution in [3.8, 4) is 0 Å². The summed E-state index contributed by atoms with van der Waals surface area (Å²) < 4.78 is 0. The third kappa shape index (κ3) is 2.68. The molecule has 2 aromatic rings. The maximum Gasteiger partial charge on any atom is 0.314 e. The topological polar surface area (TPSA) is 50.2 Å². The molecule has 0 amide bonds. The van der Waals surface area contributed by atoms with Crippen molar-refractivity contribution in [2.75, 3.05) is 0 Å². The highest BCUT2D eigenvalue weighted by molar-refractivity contribution is 7.09. The molecule has 0 saturated carbocycles. The number of carbonyl (C=O) groups is 1. The van der Waals surface area contributed by atoms with Crippen LogP contribution in [0.4, 0.5) is 0 Å². The van der Waals surface area contributed by atoms with Crippen LogP contribution in [-0.4, -0.2) is 16.1 Å². The maximum absolute atomic E-state index is 11.8. The van der Waals surface area contributed by atoms with Crippen molar-refractivity contribution >= 4 is 17.3 Å². The van der Waals surface area contributed by atoms with Crippen molar-refractivity contribution in [1.82, 2.24) is 4.98 Å². The molecule has 1 aromatic carbocycles. The Morgan fingerprint density at radius 1 is 1.37 bits per heavy atom. The highest BCUT2D eigenvalue weighted by Crippen LogP contribution is 2.32. The van der Waals surface area contributed by atoms with Gasteiger partial charge in [-0.2, -0.15) is 0 Å². The molecular weight excluding hydrogens is 258 g/mol. The number of thiazole rings is 1. The summed E-state index contributed by atoms with van der Waals surface area (Å²) in [7, 11) is 0. The third-order valence-corrected chi connectivity index (χ3v) is 4.31. The van der Waals surface area contributed by atoms with Crippen molar-refractivity contribution < 1.29 is 9.90 Å². The van der Waals surface area contributed by atoms with Crippen LogP contribution in [0.5, 0.6) is 0 Å². The summed E-state index contributed by atoms with van der Waals surface area (Å²) in [5.74, 6) is -0.785. The zero-order chi connectivity index (χ0) is 13.9. The van der Waals surface area contributed by atoms with E-state index < -0.39 is 11.4 Å². The molecule has 100 valence electrons. The fourth-order valence-electron chi connectivity index (χ4n) is 2.34. The van der Waals surface area contributed by atoms with Crippen LogP contribution >= 0.6 is 11.3 Å². The van der Waals surface area contributed by atoms with Crippen molar-refractivity contribution in [3.63, 3.8) is 0 Å². The second kappa shape index (κ2) is 5.53. The zero-order valence-electron chi connectivity index (χ0n) is 11.1. The Morgan fingerprint density at radius 2 is 2.05 bits per heavy atom. The van der Waals surface area contributed by atoms with Gasteiger partial charge in [-0.1, -0.05) is 37.3 Å². The Hall–Kier alpha value is -1.68. The number of carboxylic acids is 1. The zero-order valence-corrected chi connectivity index (χ0v) is 11.9. The first-order valence-electron chi connectivity index (χ1n) is 6.28. The Balaban J connectivity index is 2.43. The van der Waals surface area contributed by atoms with Gasteiger partial charge in [0.25, 0.3) is 0 Å². The van der Waals surface area contributed by atoms with Gasteiger partial charge in [-0.15, -0.1) is 11.3 Å². The van der Waals surface area contributed by atoms with E-state index in [2.05, 4.69) is 4.98 Å². The molecule has 1 unspecified atom stereocenters. The van der Waals surface area contributed by atoms with Crippen LogP contribution in [0.15, 0.2) is 35.7 Å². The monoisotopic (exact) mass is 275 g/mol. The molecule has 4 heteroatoms. The van der Waals surface area contributed by atoms with E-state index in [0.29, 0.717) is 12.8 Å². The average Bonchev–Trinajstić information content (AvgIpc) is 2.82. The number of aliphatic carboxylic acids is 1.